The van der Waals surface area contributed by atoms with E-state index in [4.69, 9.17) is 0 Å². The number of hydrogen-bond acceptors (Lipinski definition) is 1. The molecule has 1 saturated heterocycles. The third-order valence-corrected chi connectivity index (χ3v) is 2.68. The van der Waals surface area contributed by atoms with Crippen LogP contribution in [-0.4, -0.2) is 13.1 Å². The van der Waals surface area contributed by atoms with Crippen molar-refractivity contribution < 1.29 is 0 Å². The molecule has 0 bridgehead atoms. The van der Waals surface area contributed by atoms with Gasteiger partial charge in [0.25, 0.3) is 0 Å². The van der Waals surface area contributed by atoms with Crippen LogP contribution in [0.1, 0.15) is 38.5 Å². The molecule has 0 radical (unpaired) electrons. The van der Waals surface area contributed by atoms with Crippen LogP contribution in [0.4, 0.5) is 0 Å². The summed E-state index contributed by atoms with van der Waals surface area (Å²) in [5, 5.41) is 3.41. The van der Waals surface area contributed by atoms with Crippen molar-refractivity contribution in [3.63, 3.8) is 0 Å². The van der Waals surface area contributed by atoms with E-state index in [2.05, 4.69) is 11.9 Å². The molecule has 1 unspecified atom stereocenters. The molecule has 1 N–H and O–H groups in total. The summed E-state index contributed by atoms with van der Waals surface area (Å²) in [6.07, 6.45) is 10.2. The molecular formula is C11H21N. The van der Waals surface area contributed by atoms with E-state index in [-0.39, 0.29) is 0 Å². The SMILES string of the molecule is C=CCCCCCC1CCNC1. The van der Waals surface area contributed by atoms with Crippen molar-refractivity contribution in [1.82, 2.24) is 5.32 Å². The molecule has 1 rings (SSSR count). The highest BCUT2D eigenvalue weighted by molar-refractivity contribution is 4.71. The number of rotatable bonds is 6. The van der Waals surface area contributed by atoms with E-state index in [1.54, 1.807) is 0 Å². The Kier molecular flexibility index (Phi) is 5.09. The van der Waals surface area contributed by atoms with Crippen LogP contribution in [0.15, 0.2) is 12.7 Å². The molecule has 0 aromatic rings. The zero-order valence-corrected chi connectivity index (χ0v) is 8.02. The van der Waals surface area contributed by atoms with Gasteiger partial charge in [0.15, 0.2) is 0 Å². The van der Waals surface area contributed by atoms with Gasteiger partial charge in [0.1, 0.15) is 0 Å². The van der Waals surface area contributed by atoms with Gasteiger partial charge < -0.3 is 5.32 Å². The van der Waals surface area contributed by atoms with Crippen molar-refractivity contribution >= 4 is 0 Å². The van der Waals surface area contributed by atoms with Gasteiger partial charge in [-0.15, -0.1) is 6.58 Å². The Morgan fingerprint density at radius 1 is 1.33 bits per heavy atom. The molecule has 1 fully saturated rings. The van der Waals surface area contributed by atoms with E-state index in [0.29, 0.717) is 0 Å². The van der Waals surface area contributed by atoms with Gasteiger partial charge in [-0.25, -0.2) is 0 Å². The molecule has 1 heteroatoms. The predicted octanol–water partition coefficient (Wildman–Crippen LogP) is 2.73. The minimum Gasteiger partial charge on any atom is -0.316 e. The molecule has 0 aromatic heterocycles. The number of nitrogens with one attached hydrogen (secondary N) is 1. The first kappa shape index (κ1) is 9.79. The Bertz CT molecular complexity index is 114. The zero-order chi connectivity index (χ0) is 8.65. The maximum atomic E-state index is 3.73. The van der Waals surface area contributed by atoms with Gasteiger partial charge in [0, 0.05) is 0 Å². The standard InChI is InChI=1S/C11H21N/c1-2-3-4-5-6-7-11-8-9-12-10-11/h2,11-12H,1,3-10H2. The van der Waals surface area contributed by atoms with Crippen LogP contribution in [0, 0.1) is 5.92 Å². The van der Waals surface area contributed by atoms with Crippen molar-refractivity contribution in [3.05, 3.63) is 12.7 Å². The van der Waals surface area contributed by atoms with Crippen LogP contribution in [0.25, 0.3) is 0 Å². The molecule has 0 saturated carbocycles. The smallest absolute Gasteiger partial charge is 0.00200 e. The maximum Gasteiger partial charge on any atom is -0.00200 e. The molecule has 0 aliphatic carbocycles. The molecule has 70 valence electrons. The lowest BCUT2D eigenvalue weighted by Gasteiger charge is -2.06. The topological polar surface area (TPSA) is 12.0 Å². The van der Waals surface area contributed by atoms with Gasteiger partial charge in [-0.3, -0.25) is 0 Å². The largest absolute Gasteiger partial charge is 0.316 e. The van der Waals surface area contributed by atoms with Gasteiger partial charge in [-0.2, -0.15) is 0 Å². The van der Waals surface area contributed by atoms with E-state index < -0.39 is 0 Å². The molecular weight excluding hydrogens is 146 g/mol. The van der Waals surface area contributed by atoms with Gasteiger partial charge in [-0.1, -0.05) is 18.9 Å². The number of hydrogen-bond donors (Lipinski definition) is 1. The summed E-state index contributed by atoms with van der Waals surface area (Å²) < 4.78 is 0. The highest BCUT2D eigenvalue weighted by Gasteiger charge is 2.12. The average molecular weight is 167 g/mol. The van der Waals surface area contributed by atoms with Gasteiger partial charge in [-0.05, 0) is 44.7 Å². The lowest BCUT2D eigenvalue weighted by molar-refractivity contribution is 0.491. The first-order valence-electron chi connectivity index (χ1n) is 5.25. The molecule has 1 atom stereocenters. The normalized spacial score (nSPS) is 22.8. The van der Waals surface area contributed by atoms with Crippen LogP contribution in [0.3, 0.4) is 0 Å². The second-order valence-electron chi connectivity index (χ2n) is 3.79. The van der Waals surface area contributed by atoms with E-state index >= 15 is 0 Å². The van der Waals surface area contributed by atoms with Crippen molar-refractivity contribution in [2.75, 3.05) is 13.1 Å². The predicted molar refractivity (Wildman–Crippen MR) is 54.3 cm³/mol. The molecule has 1 nitrogen and oxygen atoms in total. The second-order valence-corrected chi connectivity index (χ2v) is 3.79. The van der Waals surface area contributed by atoms with Gasteiger partial charge in [0.2, 0.25) is 0 Å². The quantitative estimate of drug-likeness (QED) is 0.474. The number of unbranched alkanes of at least 4 members (excludes halogenated alkanes) is 3. The molecule has 0 amide bonds. The van der Waals surface area contributed by atoms with Crippen LogP contribution in [-0.2, 0) is 0 Å². The van der Waals surface area contributed by atoms with E-state index in [1.165, 1.54) is 51.6 Å². The average Bonchev–Trinajstić information content (AvgIpc) is 2.57. The summed E-state index contributed by atoms with van der Waals surface area (Å²) in [6, 6.07) is 0. The molecule has 0 aromatic carbocycles. The third-order valence-electron chi connectivity index (χ3n) is 2.68. The van der Waals surface area contributed by atoms with Crippen LogP contribution in [0.5, 0.6) is 0 Å². The summed E-state index contributed by atoms with van der Waals surface area (Å²) in [5.74, 6) is 0.980. The highest BCUT2D eigenvalue weighted by atomic mass is 14.9. The maximum absolute atomic E-state index is 3.73. The number of allylic oxidation sites excluding steroid dienone is 1. The fourth-order valence-electron chi connectivity index (χ4n) is 1.86. The summed E-state index contributed by atoms with van der Waals surface area (Å²) >= 11 is 0. The Morgan fingerprint density at radius 3 is 2.92 bits per heavy atom. The third kappa shape index (κ3) is 3.91. The molecule has 12 heavy (non-hydrogen) atoms. The van der Waals surface area contributed by atoms with Gasteiger partial charge >= 0.3 is 0 Å². The Hall–Kier alpha value is -0.300. The summed E-state index contributed by atoms with van der Waals surface area (Å²) in [4.78, 5) is 0. The Morgan fingerprint density at radius 2 is 2.25 bits per heavy atom. The lowest BCUT2D eigenvalue weighted by Crippen LogP contribution is -2.08. The summed E-state index contributed by atoms with van der Waals surface area (Å²) in [6.45, 7) is 6.24. The van der Waals surface area contributed by atoms with Crippen LogP contribution in [0.2, 0.25) is 0 Å². The van der Waals surface area contributed by atoms with Crippen molar-refractivity contribution in [2.45, 2.75) is 38.5 Å². The van der Waals surface area contributed by atoms with Crippen molar-refractivity contribution in [2.24, 2.45) is 5.92 Å². The fourth-order valence-corrected chi connectivity index (χ4v) is 1.86. The first-order valence-corrected chi connectivity index (χ1v) is 5.25. The van der Waals surface area contributed by atoms with Crippen LogP contribution >= 0.6 is 0 Å². The summed E-state index contributed by atoms with van der Waals surface area (Å²) in [7, 11) is 0. The Balaban J connectivity index is 1.84. The van der Waals surface area contributed by atoms with Crippen LogP contribution < -0.4 is 5.32 Å². The van der Waals surface area contributed by atoms with Gasteiger partial charge in [0.05, 0.1) is 0 Å². The van der Waals surface area contributed by atoms with Crippen molar-refractivity contribution in [1.29, 1.82) is 0 Å². The van der Waals surface area contributed by atoms with E-state index in [0.717, 1.165) is 5.92 Å². The second kappa shape index (κ2) is 6.24. The van der Waals surface area contributed by atoms with E-state index in [1.807, 2.05) is 6.08 Å². The highest BCUT2D eigenvalue weighted by Crippen LogP contribution is 2.16. The Labute approximate surface area is 76.2 Å². The molecule has 1 aliphatic rings. The molecule has 1 heterocycles. The van der Waals surface area contributed by atoms with Crippen molar-refractivity contribution in [3.8, 4) is 0 Å². The minimum atomic E-state index is 0.980. The fraction of sp³-hybridized carbons (Fsp3) is 0.818. The van der Waals surface area contributed by atoms with E-state index in [9.17, 15) is 0 Å². The summed E-state index contributed by atoms with van der Waals surface area (Å²) in [5.41, 5.74) is 0. The lowest BCUT2D eigenvalue weighted by atomic mass is 10.0. The molecule has 1 aliphatic heterocycles. The monoisotopic (exact) mass is 167 g/mol. The molecule has 0 spiro atoms. The first-order chi connectivity index (χ1) is 5.93. The minimum absolute atomic E-state index is 0.980. The zero-order valence-electron chi connectivity index (χ0n) is 8.02.